The molecule has 0 heterocycles. The number of hydrogen-bond donors (Lipinski definition) is 0. The highest BCUT2D eigenvalue weighted by Crippen LogP contribution is 2.17. The third-order valence-electron chi connectivity index (χ3n) is 12.9. The Labute approximate surface area is 387 Å². The molecule has 0 aliphatic heterocycles. The molecule has 0 spiro atoms. The Hall–Kier alpha value is -1.59. The normalized spacial score (nSPS) is 11.9. The minimum Gasteiger partial charge on any atom is -0.462 e. The average Bonchev–Trinajstić information content (AvgIpc) is 3.27. The van der Waals surface area contributed by atoms with E-state index in [1.807, 2.05) is 0 Å². The topological polar surface area (TPSA) is 78.9 Å². The summed E-state index contributed by atoms with van der Waals surface area (Å²) in [6.45, 7) is 6.68. The minimum atomic E-state index is -0.759. The van der Waals surface area contributed by atoms with Crippen molar-refractivity contribution in [2.45, 2.75) is 329 Å². The lowest BCUT2D eigenvalue weighted by atomic mass is 10.0. The molecule has 0 aliphatic carbocycles. The molecule has 0 fully saturated rings. The number of carbonyl (C=O) groups is 3. The van der Waals surface area contributed by atoms with E-state index in [1.54, 1.807) is 0 Å². The number of esters is 3. The molecule has 0 bridgehead atoms. The van der Waals surface area contributed by atoms with Crippen LogP contribution in [0.5, 0.6) is 0 Å². The maximum absolute atomic E-state index is 12.8. The third kappa shape index (κ3) is 49.4. The summed E-state index contributed by atoms with van der Waals surface area (Å²) in [5.74, 6) is -0.839. The van der Waals surface area contributed by atoms with Gasteiger partial charge in [-0.3, -0.25) is 14.4 Å². The SMILES string of the molecule is CCCCCCCCCCCCCCCCCCCCCCCC(=O)OCC(COC(=O)CCCCCCCCCCCC)OC(=O)CCCCCCCCCCCCCCC. The van der Waals surface area contributed by atoms with Gasteiger partial charge in [0.15, 0.2) is 6.10 Å². The molecular formula is C56H108O6. The molecule has 0 aliphatic rings. The number of ether oxygens (including phenoxy) is 3. The van der Waals surface area contributed by atoms with Crippen LogP contribution in [0, 0.1) is 0 Å². The lowest BCUT2D eigenvalue weighted by Gasteiger charge is -2.18. The van der Waals surface area contributed by atoms with E-state index in [0.717, 1.165) is 57.8 Å². The highest BCUT2D eigenvalue weighted by Gasteiger charge is 2.19. The van der Waals surface area contributed by atoms with E-state index in [0.29, 0.717) is 19.3 Å². The van der Waals surface area contributed by atoms with Crippen LogP contribution in [0.1, 0.15) is 323 Å². The maximum atomic E-state index is 12.8. The summed E-state index contributed by atoms with van der Waals surface area (Å²) >= 11 is 0. The first-order chi connectivity index (χ1) is 30.5. The van der Waals surface area contributed by atoms with Gasteiger partial charge in [0.1, 0.15) is 13.2 Å². The third-order valence-corrected chi connectivity index (χ3v) is 12.9. The Morgan fingerprint density at radius 2 is 0.435 bits per heavy atom. The Bertz CT molecular complexity index is 920. The second-order valence-electron chi connectivity index (χ2n) is 19.2. The van der Waals surface area contributed by atoms with Gasteiger partial charge in [-0.25, -0.2) is 0 Å². The van der Waals surface area contributed by atoms with Crippen molar-refractivity contribution in [3.05, 3.63) is 0 Å². The van der Waals surface area contributed by atoms with Gasteiger partial charge in [-0.15, -0.1) is 0 Å². The molecule has 0 aromatic carbocycles. The van der Waals surface area contributed by atoms with Crippen LogP contribution in [-0.2, 0) is 28.6 Å². The Kier molecular flexibility index (Phi) is 50.7. The highest BCUT2D eigenvalue weighted by molar-refractivity contribution is 5.71. The summed E-state index contributed by atoms with van der Waals surface area (Å²) in [6.07, 6.45) is 56.7. The van der Waals surface area contributed by atoms with E-state index in [9.17, 15) is 14.4 Å². The molecule has 0 N–H and O–H groups in total. The second-order valence-corrected chi connectivity index (χ2v) is 19.2. The van der Waals surface area contributed by atoms with Crippen LogP contribution < -0.4 is 0 Å². The minimum absolute atomic E-state index is 0.0615. The van der Waals surface area contributed by atoms with Crippen molar-refractivity contribution in [3.63, 3.8) is 0 Å². The summed E-state index contributed by atoms with van der Waals surface area (Å²) in [4.78, 5) is 38.0. The second kappa shape index (κ2) is 52.0. The summed E-state index contributed by atoms with van der Waals surface area (Å²) in [5.41, 5.74) is 0. The lowest BCUT2D eigenvalue weighted by molar-refractivity contribution is -0.167. The summed E-state index contributed by atoms with van der Waals surface area (Å²) in [7, 11) is 0. The predicted octanol–water partition coefficient (Wildman–Crippen LogP) is 18.4. The summed E-state index contributed by atoms with van der Waals surface area (Å²) < 4.78 is 16.8. The van der Waals surface area contributed by atoms with Gasteiger partial charge >= 0.3 is 17.9 Å². The first kappa shape index (κ1) is 60.4. The Morgan fingerprint density at radius 1 is 0.258 bits per heavy atom. The van der Waals surface area contributed by atoms with Crippen LogP contribution in [0.3, 0.4) is 0 Å². The van der Waals surface area contributed by atoms with Gasteiger partial charge in [-0.1, -0.05) is 284 Å². The predicted molar refractivity (Wildman–Crippen MR) is 266 cm³/mol. The van der Waals surface area contributed by atoms with Gasteiger partial charge in [-0.05, 0) is 19.3 Å². The standard InChI is InChI=1S/C56H108O6/c1-4-7-10-13-16-19-22-24-25-26-27-28-29-30-31-33-34-37-40-43-46-49-55(58)61-52-53(51-60-54(57)48-45-42-39-36-21-18-15-12-9-6-3)62-56(59)50-47-44-41-38-35-32-23-20-17-14-11-8-5-2/h53H,4-52H2,1-3H3. The molecule has 0 amide bonds. The summed E-state index contributed by atoms with van der Waals surface area (Å²) in [6, 6.07) is 0. The van der Waals surface area contributed by atoms with Crippen LogP contribution in [-0.4, -0.2) is 37.2 Å². The lowest BCUT2D eigenvalue weighted by Crippen LogP contribution is -2.30. The number of rotatable bonds is 52. The van der Waals surface area contributed by atoms with E-state index >= 15 is 0 Å². The van der Waals surface area contributed by atoms with Crippen molar-refractivity contribution in [1.82, 2.24) is 0 Å². The van der Waals surface area contributed by atoms with E-state index in [4.69, 9.17) is 14.2 Å². The Morgan fingerprint density at radius 3 is 0.645 bits per heavy atom. The van der Waals surface area contributed by atoms with Crippen molar-refractivity contribution in [1.29, 1.82) is 0 Å². The van der Waals surface area contributed by atoms with Crippen molar-refractivity contribution >= 4 is 17.9 Å². The fourth-order valence-corrected chi connectivity index (χ4v) is 8.62. The summed E-state index contributed by atoms with van der Waals surface area (Å²) in [5, 5.41) is 0. The highest BCUT2D eigenvalue weighted by atomic mass is 16.6. The average molecular weight is 877 g/mol. The van der Waals surface area contributed by atoms with Crippen LogP contribution in [0.4, 0.5) is 0 Å². The van der Waals surface area contributed by atoms with E-state index < -0.39 is 6.10 Å². The molecule has 0 aromatic heterocycles. The molecular weight excluding hydrogens is 769 g/mol. The van der Waals surface area contributed by atoms with Crippen LogP contribution in [0.15, 0.2) is 0 Å². The van der Waals surface area contributed by atoms with Crippen LogP contribution >= 0.6 is 0 Å². The van der Waals surface area contributed by atoms with E-state index in [1.165, 1.54) is 225 Å². The number of carbonyl (C=O) groups excluding carboxylic acids is 3. The fraction of sp³-hybridized carbons (Fsp3) is 0.946. The Balaban J connectivity index is 4.18. The monoisotopic (exact) mass is 877 g/mol. The van der Waals surface area contributed by atoms with Gasteiger partial charge in [0.2, 0.25) is 0 Å². The maximum Gasteiger partial charge on any atom is 0.306 e. The van der Waals surface area contributed by atoms with Crippen molar-refractivity contribution in [2.24, 2.45) is 0 Å². The zero-order chi connectivity index (χ0) is 45.1. The smallest absolute Gasteiger partial charge is 0.306 e. The fourth-order valence-electron chi connectivity index (χ4n) is 8.62. The zero-order valence-electron chi connectivity index (χ0n) is 42.2. The van der Waals surface area contributed by atoms with Crippen LogP contribution in [0.25, 0.3) is 0 Å². The molecule has 368 valence electrons. The van der Waals surface area contributed by atoms with Gasteiger partial charge in [0, 0.05) is 19.3 Å². The van der Waals surface area contributed by atoms with Crippen molar-refractivity contribution < 1.29 is 28.6 Å². The van der Waals surface area contributed by atoms with Gasteiger partial charge < -0.3 is 14.2 Å². The molecule has 6 heteroatoms. The van der Waals surface area contributed by atoms with Crippen LogP contribution in [0.2, 0.25) is 0 Å². The molecule has 1 unspecified atom stereocenters. The molecule has 6 nitrogen and oxygen atoms in total. The van der Waals surface area contributed by atoms with Crippen molar-refractivity contribution in [2.75, 3.05) is 13.2 Å². The van der Waals surface area contributed by atoms with E-state index in [-0.39, 0.29) is 31.1 Å². The number of hydrogen-bond acceptors (Lipinski definition) is 6. The molecule has 62 heavy (non-hydrogen) atoms. The molecule has 0 radical (unpaired) electrons. The largest absolute Gasteiger partial charge is 0.462 e. The first-order valence-corrected chi connectivity index (χ1v) is 28.0. The van der Waals surface area contributed by atoms with Gasteiger partial charge in [0.05, 0.1) is 0 Å². The quantitative estimate of drug-likeness (QED) is 0.0344. The molecule has 0 aromatic rings. The molecule has 0 rings (SSSR count). The molecule has 1 atom stereocenters. The molecule has 0 saturated carbocycles. The van der Waals surface area contributed by atoms with Crippen molar-refractivity contribution in [3.8, 4) is 0 Å². The molecule has 0 saturated heterocycles. The zero-order valence-corrected chi connectivity index (χ0v) is 42.2. The van der Waals surface area contributed by atoms with Gasteiger partial charge in [-0.2, -0.15) is 0 Å². The first-order valence-electron chi connectivity index (χ1n) is 28.0. The number of unbranched alkanes of at least 4 members (excludes halogenated alkanes) is 41. The van der Waals surface area contributed by atoms with Gasteiger partial charge in [0.25, 0.3) is 0 Å². The van der Waals surface area contributed by atoms with E-state index in [2.05, 4.69) is 20.8 Å².